The minimum atomic E-state index is -4.67. The molecule has 0 radical (unpaired) electrons. The maximum absolute atomic E-state index is 12.2. The van der Waals surface area contributed by atoms with Gasteiger partial charge in [0.05, 0.1) is 0 Å². The average molecular weight is 773 g/mol. The normalized spacial score (nSPS) is 13.2. The number of hydrogen-bond donors (Lipinski definition) is 4. The molecule has 55 heavy (non-hydrogen) atoms. The van der Waals surface area contributed by atoms with Crippen LogP contribution in [0, 0.1) is 0 Å². The molecule has 0 spiro atoms. The quantitative estimate of drug-likeness (QED) is 0.0931. The lowest BCUT2D eigenvalue weighted by Gasteiger charge is -2.33. The van der Waals surface area contributed by atoms with Crippen LogP contribution >= 0.6 is 15.9 Å². The van der Waals surface area contributed by atoms with Gasteiger partial charge in [0.25, 0.3) is 0 Å². The van der Waals surface area contributed by atoms with Gasteiger partial charge in [-0.15, -0.1) is 0 Å². The fraction of sp³-hybridized carbons (Fsp3) is 0.250. The largest absolute Gasteiger partial charge is 0.497 e. The van der Waals surface area contributed by atoms with Gasteiger partial charge in [-0.3, -0.25) is 0 Å². The molecular formula is C48H54O5P2+2. The van der Waals surface area contributed by atoms with Crippen LogP contribution < -0.4 is 10.6 Å². The van der Waals surface area contributed by atoms with Crippen LogP contribution in [0.2, 0.25) is 0 Å². The van der Waals surface area contributed by atoms with Crippen molar-refractivity contribution in [1.82, 2.24) is 0 Å². The van der Waals surface area contributed by atoms with Gasteiger partial charge in [-0.1, -0.05) is 189 Å². The van der Waals surface area contributed by atoms with Crippen molar-refractivity contribution in [2.45, 2.75) is 77.0 Å². The second-order valence-corrected chi connectivity index (χ2v) is 20.4. The standard InChI is InChI=1S/C48H54O5P2/c1-45(2,35-21-13-9-14-22-35)39-29-31-43(41(33-39)47(5,6)37-25-17-11-18-26-37)54(49,50)53-55(51,52)44-32-30-40(46(3,4)36-23-15-10-16-24-36)34-42(44)48(7,8)38-27-19-12-20-28-38/h9-34,49-52H,1-8H3/q+2. The fourth-order valence-electron chi connectivity index (χ4n) is 7.67. The van der Waals surface area contributed by atoms with Gasteiger partial charge < -0.3 is 0 Å². The summed E-state index contributed by atoms with van der Waals surface area (Å²) in [6.45, 7) is 16.7. The summed E-state index contributed by atoms with van der Waals surface area (Å²) in [6.07, 6.45) is 0. The van der Waals surface area contributed by atoms with Gasteiger partial charge in [0, 0.05) is 37.1 Å². The summed E-state index contributed by atoms with van der Waals surface area (Å²) in [4.78, 5) is 48.7. The Morgan fingerprint density at radius 2 is 0.582 bits per heavy atom. The van der Waals surface area contributed by atoms with E-state index in [1.807, 2.05) is 149 Å². The minimum absolute atomic E-state index is 0.132. The van der Waals surface area contributed by atoms with Gasteiger partial charge in [-0.2, -0.15) is 19.6 Å². The second kappa shape index (κ2) is 15.1. The van der Waals surface area contributed by atoms with E-state index < -0.39 is 37.5 Å². The molecule has 0 amide bonds. The van der Waals surface area contributed by atoms with E-state index in [-0.39, 0.29) is 10.6 Å². The van der Waals surface area contributed by atoms with Crippen LogP contribution in [-0.2, 0) is 26.0 Å². The summed E-state index contributed by atoms with van der Waals surface area (Å²) in [5.41, 5.74) is 5.04. The third kappa shape index (κ3) is 7.99. The molecule has 0 saturated carbocycles. The summed E-state index contributed by atoms with van der Waals surface area (Å²) in [5, 5.41) is 0.263. The molecule has 0 heterocycles. The first-order valence-electron chi connectivity index (χ1n) is 18.7. The van der Waals surface area contributed by atoms with Crippen LogP contribution in [-0.4, -0.2) is 19.6 Å². The highest BCUT2D eigenvalue weighted by atomic mass is 31.3. The van der Waals surface area contributed by atoms with Gasteiger partial charge >= 0.3 is 15.9 Å². The zero-order valence-corrected chi connectivity index (χ0v) is 34.9. The van der Waals surface area contributed by atoms with Crippen molar-refractivity contribution in [1.29, 1.82) is 0 Å². The summed E-state index contributed by atoms with van der Waals surface area (Å²) < 4.78 is 6.01. The van der Waals surface area contributed by atoms with E-state index in [0.29, 0.717) is 11.1 Å². The smallest absolute Gasteiger partial charge is 0.185 e. The molecule has 0 fully saturated rings. The van der Waals surface area contributed by atoms with Crippen molar-refractivity contribution in [3.05, 3.63) is 202 Å². The molecule has 0 saturated heterocycles. The van der Waals surface area contributed by atoms with E-state index in [0.717, 1.165) is 33.4 Å². The Kier molecular flexibility index (Phi) is 11.2. The first kappa shape index (κ1) is 40.6. The van der Waals surface area contributed by atoms with Crippen molar-refractivity contribution in [3.63, 3.8) is 0 Å². The topological polar surface area (TPSA) is 90.2 Å². The Balaban J connectivity index is 1.49. The van der Waals surface area contributed by atoms with Crippen molar-refractivity contribution in [3.8, 4) is 0 Å². The summed E-state index contributed by atoms with van der Waals surface area (Å²) in [7, 11) is -9.33. The first-order valence-corrected chi connectivity index (χ1v) is 22.0. The van der Waals surface area contributed by atoms with E-state index in [1.54, 1.807) is 12.1 Å². The molecule has 0 bridgehead atoms. The maximum atomic E-state index is 12.2. The Morgan fingerprint density at radius 1 is 0.327 bits per heavy atom. The lowest BCUT2D eigenvalue weighted by atomic mass is 9.73. The molecule has 0 atom stereocenters. The van der Waals surface area contributed by atoms with Crippen molar-refractivity contribution in [2.75, 3.05) is 0 Å². The SMILES string of the molecule is CC(C)(c1ccccc1)c1ccc([P+](O)(O)O[P+](O)(O)c2ccc(C(C)(C)c3ccccc3)cc2C(C)(C)c2ccccc2)c(C(C)(C)c2ccccc2)c1. The highest BCUT2D eigenvalue weighted by Gasteiger charge is 2.61. The molecule has 0 aliphatic carbocycles. The fourth-order valence-corrected chi connectivity index (χ4v) is 11.5. The van der Waals surface area contributed by atoms with E-state index in [4.69, 9.17) is 4.31 Å². The monoisotopic (exact) mass is 772 g/mol. The molecule has 0 unspecified atom stereocenters. The zero-order valence-electron chi connectivity index (χ0n) is 33.1. The van der Waals surface area contributed by atoms with E-state index in [2.05, 4.69) is 52.0 Å². The predicted molar refractivity (Wildman–Crippen MR) is 230 cm³/mol. The Hall–Kier alpha value is -4.02. The Labute approximate surface area is 328 Å². The molecule has 284 valence electrons. The second-order valence-electron chi connectivity index (χ2n) is 16.6. The first-order chi connectivity index (χ1) is 25.8. The summed E-state index contributed by atoms with van der Waals surface area (Å²) in [6, 6.07) is 51.4. The van der Waals surface area contributed by atoms with Gasteiger partial charge in [0.2, 0.25) is 0 Å². The maximum Gasteiger partial charge on any atom is 0.497 e. The molecule has 5 nitrogen and oxygen atoms in total. The van der Waals surface area contributed by atoms with Crippen LogP contribution in [0.5, 0.6) is 0 Å². The summed E-state index contributed by atoms with van der Waals surface area (Å²) in [5.74, 6) is 0. The van der Waals surface area contributed by atoms with Crippen LogP contribution in [0.15, 0.2) is 158 Å². The van der Waals surface area contributed by atoms with Crippen LogP contribution in [0.4, 0.5) is 0 Å². The van der Waals surface area contributed by atoms with Crippen LogP contribution in [0.1, 0.15) is 99.9 Å². The van der Waals surface area contributed by atoms with Crippen molar-refractivity contribution < 1.29 is 23.9 Å². The van der Waals surface area contributed by atoms with E-state index in [1.165, 1.54) is 0 Å². The highest BCUT2D eigenvalue weighted by molar-refractivity contribution is 7.80. The van der Waals surface area contributed by atoms with Crippen LogP contribution in [0.25, 0.3) is 0 Å². The number of benzene rings is 6. The summed E-state index contributed by atoms with van der Waals surface area (Å²) >= 11 is 0. The molecular weight excluding hydrogens is 718 g/mol. The Bertz CT molecular complexity index is 2070. The van der Waals surface area contributed by atoms with E-state index >= 15 is 0 Å². The van der Waals surface area contributed by atoms with Gasteiger partial charge in [0.1, 0.15) is 0 Å². The number of hydrogen-bond acceptors (Lipinski definition) is 5. The molecule has 0 aliphatic heterocycles. The Morgan fingerprint density at radius 3 is 0.855 bits per heavy atom. The lowest BCUT2D eigenvalue weighted by molar-refractivity contribution is 0.298. The average Bonchev–Trinajstić information content (AvgIpc) is 3.18. The highest BCUT2D eigenvalue weighted by Crippen LogP contribution is 2.69. The van der Waals surface area contributed by atoms with Crippen LogP contribution in [0.3, 0.4) is 0 Å². The third-order valence-corrected chi connectivity index (χ3v) is 15.5. The molecule has 6 aromatic carbocycles. The van der Waals surface area contributed by atoms with Gasteiger partial charge in [-0.25, -0.2) is 0 Å². The molecule has 0 aliphatic rings. The van der Waals surface area contributed by atoms with Gasteiger partial charge in [0.15, 0.2) is 10.6 Å². The molecule has 7 heteroatoms. The lowest BCUT2D eigenvalue weighted by Crippen LogP contribution is -2.33. The molecule has 0 aromatic heterocycles. The molecule has 4 N–H and O–H groups in total. The van der Waals surface area contributed by atoms with Gasteiger partial charge in [-0.05, 0) is 57.6 Å². The predicted octanol–water partition coefficient (Wildman–Crippen LogP) is 10.5. The zero-order chi connectivity index (χ0) is 39.9. The number of rotatable bonds is 12. The van der Waals surface area contributed by atoms with Crippen molar-refractivity contribution >= 4 is 26.5 Å². The minimum Gasteiger partial charge on any atom is -0.185 e. The van der Waals surface area contributed by atoms with Crippen molar-refractivity contribution in [2.24, 2.45) is 0 Å². The van der Waals surface area contributed by atoms with E-state index in [9.17, 15) is 19.6 Å². The molecule has 6 aromatic rings. The third-order valence-electron chi connectivity index (χ3n) is 11.6. The molecule has 6 rings (SSSR count).